The number of ether oxygens (including phenoxy) is 2. The van der Waals surface area contributed by atoms with Crippen LogP contribution in [-0.2, 0) is 10.5 Å². The van der Waals surface area contributed by atoms with Crippen LogP contribution in [0, 0.1) is 6.92 Å². The van der Waals surface area contributed by atoms with Crippen molar-refractivity contribution in [3.63, 3.8) is 0 Å². The first-order valence-electron chi connectivity index (χ1n) is 8.31. The molecule has 0 aliphatic rings. The maximum Gasteiger partial charge on any atom is 0.260 e. The van der Waals surface area contributed by atoms with Crippen molar-refractivity contribution in [2.75, 3.05) is 19.4 Å². The SMILES string of the molecule is COc1ccccc1O[C@H](C)C(=O)NCCSCc1ccc(C)cc1. The molecule has 1 atom stereocenters. The molecule has 25 heavy (non-hydrogen) atoms. The van der Waals surface area contributed by atoms with Crippen molar-refractivity contribution in [2.45, 2.75) is 25.7 Å². The summed E-state index contributed by atoms with van der Waals surface area (Å²) in [6.45, 7) is 4.44. The number of hydrogen-bond donors (Lipinski definition) is 1. The molecule has 0 aliphatic carbocycles. The first-order chi connectivity index (χ1) is 12.1. The summed E-state index contributed by atoms with van der Waals surface area (Å²) >= 11 is 1.80. The summed E-state index contributed by atoms with van der Waals surface area (Å²) in [6.07, 6.45) is -0.571. The van der Waals surface area contributed by atoms with Gasteiger partial charge in [0.25, 0.3) is 5.91 Å². The molecule has 0 bridgehead atoms. The Balaban J connectivity index is 1.68. The van der Waals surface area contributed by atoms with E-state index >= 15 is 0 Å². The van der Waals surface area contributed by atoms with Crippen molar-refractivity contribution in [2.24, 2.45) is 0 Å². The lowest BCUT2D eigenvalue weighted by molar-refractivity contribution is -0.127. The summed E-state index contributed by atoms with van der Waals surface area (Å²) in [5.41, 5.74) is 2.57. The molecule has 0 saturated carbocycles. The molecule has 0 heterocycles. The number of para-hydroxylation sites is 2. The van der Waals surface area contributed by atoms with Gasteiger partial charge in [0.2, 0.25) is 0 Å². The standard InChI is InChI=1S/C20H25NO3S/c1-15-8-10-17(11-9-15)14-25-13-12-21-20(22)16(2)24-19-7-5-4-6-18(19)23-3/h4-11,16H,12-14H2,1-3H3,(H,21,22)/t16-/m1/s1. The Morgan fingerprint density at radius 2 is 1.80 bits per heavy atom. The molecule has 1 N–H and O–H groups in total. The lowest BCUT2D eigenvalue weighted by atomic mass is 10.2. The van der Waals surface area contributed by atoms with Crippen LogP contribution in [0.1, 0.15) is 18.1 Å². The highest BCUT2D eigenvalue weighted by molar-refractivity contribution is 7.98. The minimum Gasteiger partial charge on any atom is -0.493 e. The maximum atomic E-state index is 12.1. The number of rotatable bonds is 9. The van der Waals surface area contributed by atoms with Gasteiger partial charge in [-0.2, -0.15) is 11.8 Å². The van der Waals surface area contributed by atoms with E-state index in [-0.39, 0.29) is 5.91 Å². The molecule has 0 aromatic heterocycles. The van der Waals surface area contributed by atoms with Crippen molar-refractivity contribution < 1.29 is 14.3 Å². The molecule has 134 valence electrons. The van der Waals surface area contributed by atoms with Gasteiger partial charge in [-0.15, -0.1) is 0 Å². The smallest absolute Gasteiger partial charge is 0.260 e. The molecule has 2 aromatic carbocycles. The van der Waals surface area contributed by atoms with Gasteiger partial charge in [-0.1, -0.05) is 42.0 Å². The van der Waals surface area contributed by atoms with Gasteiger partial charge >= 0.3 is 0 Å². The van der Waals surface area contributed by atoms with Gasteiger partial charge in [-0.3, -0.25) is 4.79 Å². The quantitative estimate of drug-likeness (QED) is 0.692. The number of benzene rings is 2. The van der Waals surface area contributed by atoms with Gasteiger partial charge in [0, 0.05) is 18.1 Å². The van der Waals surface area contributed by atoms with E-state index in [9.17, 15) is 4.79 Å². The number of methoxy groups -OCH3 is 1. The van der Waals surface area contributed by atoms with Gasteiger partial charge in [0.15, 0.2) is 17.6 Å². The number of nitrogens with one attached hydrogen (secondary N) is 1. The summed E-state index contributed by atoms with van der Waals surface area (Å²) < 4.78 is 10.9. The molecule has 0 aliphatic heterocycles. The Labute approximate surface area is 153 Å². The second-order valence-electron chi connectivity index (χ2n) is 5.74. The molecule has 1 amide bonds. The fourth-order valence-electron chi connectivity index (χ4n) is 2.22. The Hall–Kier alpha value is -2.14. The number of carbonyl (C=O) groups is 1. The zero-order valence-corrected chi connectivity index (χ0v) is 15.8. The van der Waals surface area contributed by atoms with Crippen LogP contribution in [0.5, 0.6) is 11.5 Å². The fourth-order valence-corrected chi connectivity index (χ4v) is 3.04. The predicted octanol–water partition coefficient (Wildman–Crippen LogP) is 3.82. The molecule has 0 saturated heterocycles. The van der Waals surface area contributed by atoms with E-state index in [1.807, 2.05) is 18.2 Å². The van der Waals surface area contributed by atoms with Gasteiger partial charge < -0.3 is 14.8 Å². The van der Waals surface area contributed by atoms with E-state index in [4.69, 9.17) is 9.47 Å². The lowest BCUT2D eigenvalue weighted by Gasteiger charge is -2.16. The molecular formula is C20H25NO3S. The number of carbonyl (C=O) groups excluding carboxylic acids is 1. The Morgan fingerprint density at radius 3 is 2.48 bits per heavy atom. The number of aryl methyl sites for hydroxylation is 1. The second kappa shape index (κ2) is 9.99. The van der Waals surface area contributed by atoms with Crippen molar-refractivity contribution in [1.29, 1.82) is 0 Å². The Bertz CT molecular complexity index is 673. The third-order valence-corrected chi connectivity index (χ3v) is 4.71. The van der Waals surface area contributed by atoms with E-state index in [1.54, 1.807) is 31.9 Å². The average molecular weight is 359 g/mol. The number of amides is 1. The first kappa shape index (κ1) is 19.2. The van der Waals surface area contributed by atoms with E-state index in [0.29, 0.717) is 18.0 Å². The molecule has 0 spiro atoms. The average Bonchev–Trinajstić information content (AvgIpc) is 2.63. The zero-order chi connectivity index (χ0) is 18.1. The maximum absolute atomic E-state index is 12.1. The van der Waals surface area contributed by atoms with E-state index in [0.717, 1.165) is 11.5 Å². The molecule has 0 unspecified atom stereocenters. The van der Waals surface area contributed by atoms with Crippen LogP contribution < -0.4 is 14.8 Å². The molecule has 5 heteroatoms. The van der Waals surface area contributed by atoms with Crippen molar-refractivity contribution in [3.05, 3.63) is 59.7 Å². The van der Waals surface area contributed by atoms with Crippen LogP contribution in [0.15, 0.2) is 48.5 Å². The summed E-state index contributed by atoms with van der Waals surface area (Å²) in [5, 5.41) is 2.91. The largest absolute Gasteiger partial charge is 0.493 e. The summed E-state index contributed by atoms with van der Waals surface area (Å²) in [7, 11) is 1.58. The number of hydrogen-bond acceptors (Lipinski definition) is 4. The van der Waals surface area contributed by atoms with Crippen LogP contribution in [0.2, 0.25) is 0 Å². The van der Waals surface area contributed by atoms with Crippen LogP contribution in [0.4, 0.5) is 0 Å². The highest BCUT2D eigenvalue weighted by atomic mass is 32.2. The summed E-state index contributed by atoms with van der Waals surface area (Å²) in [6, 6.07) is 15.8. The van der Waals surface area contributed by atoms with Gasteiger partial charge in [0.1, 0.15) is 0 Å². The van der Waals surface area contributed by atoms with Crippen LogP contribution in [-0.4, -0.2) is 31.4 Å². The monoisotopic (exact) mass is 359 g/mol. The molecule has 2 aromatic rings. The first-order valence-corrected chi connectivity index (χ1v) is 9.46. The van der Waals surface area contributed by atoms with E-state index in [2.05, 4.69) is 36.5 Å². The molecule has 0 fully saturated rings. The molecular weight excluding hydrogens is 334 g/mol. The molecule has 0 radical (unpaired) electrons. The van der Waals surface area contributed by atoms with Crippen LogP contribution in [0.3, 0.4) is 0 Å². The zero-order valence-electron chi connectivity index (χ0n) is 15.0. The van der Waals surface area contributed by atoms with E-state index < -0.39 is 6.10 Å². The topological polar surface area (TPSA) is 47.6 Å². The summed E-state index contributed by atoms with van der Waals surface area (Å²) in [4.78, 5) is 12.1. The highest BCUT2D eigenvalue weighted by Gasteiger charge is 2.15. The fraction of sp³-hybridized carbons (Fsp3) is 0.350. The summed E-state index contributed by atoms with van der Waals surface area (Å²) in [5.74, 6) is 2.88. The highest BCUT2D eigenvalue weighted by Crippen LogP contribution is 2.26. The minimum absolute atomic E-state index is 0.123. The van der Waals surface area contributed by atoms with E-state index in [1.165, 1.54) is 11.1 Å². The van der Waals surface area contributed by atoms with Gasteiger partial charge in [-0.05, 0) is 31.5 Å². The third-order valence-electron chi connectivity index (χ3n) is 3.68. The van der Waals surface area contributed by atoms with Gasteiger partial charge in [0.05, 0.1) is 7.11 Å². The third kappa shape index (κ3) is 6.35. The predicted molar refractivity (Wildman–Crippen MR) is 103 cm³/mol. The number of thioether (sulfide) groups is 1. The van der Waals surface area contributed by atoms with Crippen molar-refractivity contribution in [3.8, 4) is 11.5 Å². The molecule has 4 nitrogen and oxygen atoms in total. The lowest BCUT2D eigenvalue weighted by Crippen LogP contribution is -2.37. The van der Waals surface area contributed by atoms with Gasteiger partial charge in [-0.25, -0.2) is 0 Å². The second-order valence-corrected chi connectivity index (χ2v) is 6.85. The molecule has 2 rings (SSSR count). The van der Waals surface area contributed by atoms with Crippen LogP contribution >= 0.6 is 11.8 Å². The van der Waals surface area contributed by atoms with Crippen molar-refractivity contribution >= 4 is 17.7 Å². The van der Waals surface area contributed by atoms with Crippen molar-refractivity contribution in [1.82, 2.24) is 5.32 Å². The Morgan fingerprint density at radius 1 is 1.12 bits per heavy atom. The normalized spacial score (nSPS) is 11.6. The Kier molecular flexibility index (Phi) is 7.67. The van der Waals surface area contributed by atoms with Crippen LogP contribution in [0.25, 0.3) is 0 Å². The minimum atomic E-state index is -0.571.